The first-order valence-corrected chi connectivity index (χ1v) is 7.28. The Labute approximate surface area is 116 Å². The van der Waals surface area contributed by atoms with Crippen LogP contribution in [0.3, 0.4) is 0 Å². The summed E-state index contributed by atoms with van der Waals surface area (Å²) in [5, 5.41) is 3.55. The van der Waals surface area contributed by atoms with Gasteiger partial charge in [-0.05, 0) is 13.3 Å². The van der Waals surface area contributed by atoms with Gasteiger partial charge in [-0.2, -0.15) is 0 Å². The molecule has 0 aliphatic carbocycles. The number of hydrogen-bond acceptors (Lipinski definition) is 7. The van der Waals surface area contributed by atoms with Crippen LogP contribution in [0.5, 0.6) is 6.01 Å². The minimum absolute atomic E-state index is 0.00613. The smallest absolute Gasteiger partial charge is 0.316 e. The molecule has 1 aromatic rings. The number of aromatic nitrogens is 2. The molecule has 1 rings (SSSR count). The van der Waals surface area contributed by atoms with E-state index in [4.69, 9.17) is 9.88 Å². The molecular weight excluding hydrogens is 286 g/mol. The Bertz CT molecular complexity index is 597. The van der Waals surface area contributed by atoms with Gasteiger partial charge in [0, 0.05) is 18.8 Å². The topological polar surface area (TPSA) is 129 Å². The van der Waals surface area contributed by atoms with Crippen molar-refractivity contribution in [3.63, 3.8) is 0 Å². The molecule has 0 saturated carbocycles. The average molecular weight is 301 g/mol. The SMILES string of the molecule is COc1ncc(C(=O)C(CCC(C)=O)S(N)(=O)=O)cn1. The Morgan fingerprint density at radius 2 is 1.90 bits per heavy atom. The highest BCUT2D eigenvalue weighted by Gasteiger charge is 2.31. The van der Waals surface area contributed by atoms with Gasteiger partial charge in [0.15, 0.2) is 5.78 Å². The zero-order chi connectivity index (χ0) is 15.3. The molecule has 1 unspecified atom stereocenters. The molecule has 0 fully saturated rings. The third-order valence-electron chi connectivity index (χ3n) is 2.54. The fraction of sp³-hybridized carbons (Fsp3) is 0.455. The zero-order valence-corrected chi connectivity index (χ0v) is 11.9. The summed E-state index contributed by atoms with van der Waals surface area (Å²) in [4.78, 5) is 30.5. The number of ether oxygens (including phenoxy) is 1. The fourth-order valence-electron chi connectivity index (χ4n) is 1.51. The van der Waals surface area contributed by atoms with Crippen molar-refractivity contribution >= 4 is 21.6 Å². The van der Waals surface area contributed by atoms with Gasteiger partial charge < -0.3 is 9.53 Å². The normalized spacial score (nSPS) is 12.8. The zero-order valence-electron chi connectivity index (χ0n) is 11.1. The average Bonchev–Trinajstić information content (AvgIpc) is 2.37. The number of Topliss-reactive ketones (excluding diaryl/α,β-unsaturated/α-hetero) is 2. The number of sulfonamides is 1. The Morgan fingerprint density at radius 1 is 1.35 bits per heavy atom. The Hall–Kier alpha value is -1.87. The molecule has 0 aliphatic heterocycles. The second kappa shape index (κ2) is 6.53. The van der Waals surface area contributed by atoms with Gasteiger partial charge >= 0.3 is 6.01 Å². The maximum atomic E-state index is 12.1. The number of carbonyl (C=O) groups is 2. The van der Waals surface area contributed by atoms with E-state index in [9.17, 15) is 18.0 Å². The van der Waals surface area contributed by atoms with Gasteiger partial charge in [-0.1, -0.05) is 0 Å². The quantitative estimate of drug-likeness (QED) is 0.684. The fourth-order valence-corrected chi connectivity index (χ4v) is 2.39. The monoisotopic (exact) mass is 301 g/mol. The maximum absolute atomic E-state index is 12.1. The minimum Gasteiger partial charge on any atom is -0.467 e. The molecule has 8 nitrogen and oxygen atoms in total. The highest BCUT2D eigenvalue weighted by Crippen LogP contribution is 2.14. The van der Waals surface area contributed by atoms with Crippen LogP contribution in [-0.2, 0) is 14.8 Å². The molecule has 0 aromatic carbocycles. The maximum Gasteiger partial charge on any atom is 0.316 e. The molecule has 1 heterocycles. The van der Waals surface area contributed by atoms with E-state index >= 15 is 0 Å². The summed E-state index contributed by atoms with van der Waals surface area (Å²) in [6.07, 6.45) is 2.09. The van der Waals surface area contributed by atoms with Crippen LogP contribution in [-0.4, -0.2) is 42.3 Å². The predicted octanol–water partition coefficient (Wildman–Crippen LogP) is -0.306. The van der Waals surface area contributed by atoms with Gasteiger partial charge in [0.05, 0.1) is 12.7 Å². The van der Waals surface area contributed by atoms with E-state index in [0.29, 0.717) is 0 Å². The molecule has 0 amide bonds. The van der Waals surface area contributed by atoms with Crippen LogP contribution in [0.4, 0.5) is 0 Å². The Kier molecular flexibility index (Phi) is 5.28. The van der Waals surface area contributed by atoms with E-state index in [1.165, 1.54) is 14.0 Å². The van der Waals surface area contributed by atoms with Crippen molar-refractivity contribution in [2.75, 3.05) is 7.11 Å². The van der Waals surface area contributed by atoms with Crippen LogP contribution < -0.4 is 9.88 Å². The van der Waals surface area contributed by atoms with Crippen molar-refractivity contribution < 1.29 is 22.7 Å². The van der Waals surface area contributed by atoms with E-state index in [1.807, 2.05) is 0 Å². The van der Waals surface area contributed by atoms with Crippen molar-refractivity contribution in [1.82, 2.24) is 9.97 Å². The van der Waals surface area contributed by atoms with Crippen LogP contribution in [0.15, 0.2) is 12.4 Å². The summed E-state index contributed by atoms with van der Waals surface area (Å²) in [5.74, 6) is -0.964. The lowest BCUT2D eigenvalue weighted by Crippen LogP contribution is -2.36. The molecule has 0 spiro atoms. The number of primary sulfonamides is 1. The molecular formula is C11H15N3O5S. The summed E-state index contributed by atoms with van der Waals surface area (Å²) < 4.78 is 27.7. The Balaban J connectivity index is 3.00. The first-order chi connectivity index (χ1) is 9.25. The lowest BCUT2D eigenvalue weighted by atomic mass is 10.1. The molecule has 9 heteroatoms. The van der Waals surface area contributed by atoms with E-state index in [2.05, 4.69) is 9.97 Å². The third kappa shape index (κ3) is 4.35. The molecule has 0 aliphatic rings. The van der Waals surface area contributed by atoms with Crippen molar-refractivity contribution in [2.24, 2.45) is 5.14 Å². The first-order valence-electron chi connectivity index (χ1n) is 5.67. The molecule has 1 atom stereocenters. The van der Waals surface area contributed by atoms with Gasteiger partial charge in [0.1, 0.15) is 11.0 Å². The number of carbonyl (C=O) groups excluding carboxylic acids is 2. The number of methoxy groups -OCH3 is 1. The number of nitrogens with zero attached hydrogens (tertiary/aromatic N) is 2. The summed E-state index contributed by atoms with van der Waals surface area (Å²) in [5.41, 5.74) is -0.00613. The van der Waals surface area contributed by atoms with Gasteiger partial charge in [0.25, 0.3) is 0 Å². The van der Waals surface area contributed by atoms with Crippen LogP contribution in [0.1, 0.15) is 30.1 Å². The Morgan fingerprint density at radius 3 is 2.30 bits per heavy atom. The van der Waals surface area contributed by atoms with Crippen LogP contribution >= 0.6 is 0 Å². The largest absolute Gasteiger partial charge is 0.467 e. The molecule has 20 heavy (non-hydrogen) atoms. The van der Waals surface area contributed by atoms with Crippen molar-refractivity contribution in [3.05, 3.63) is 18.0 Å². The summed E-state index contributed by atoms with van der Waals surface area (Å²) in [7, 11) is -2.75. The molecule has 2 N–H and O–H groups in total. The summed E-state index contributed by atoms with van der Waals surface area (Å²) in [6.45, 7) is 1.31. The molecule has 110 valence electrons. The molecule has 0 bridgehead atoms. The van der Waals surface area contributed by atoms with Crippen LogP contribution in [0, 0.1) is 0 Å². The lowest BCUT2D eigenvalue weighted by molar-refractivity contribution is -0.117. The summed E-state index contributed by atoms with van der Waals surface area (Å²) >= 11 is 0. The molecule has 0 radical (unpaired) electrons. The van der Waals surface area contributed by atoms with Gasteiger partial charge in [-0.15, -0.1) is 0 Å². The molecule has 1 aromatic heterocycles. The van der Waals surface area contributed by atoms with Crippen LogP contribution in [0.2, 0.25) is 0 Å². The second-order valence-electron chi connectivity index (χ2n) is 4.14. The minimum atomic E-state index is -4.11. The third-order valence-corrected chi connectivity index (χ3v) is 3.79. The standard InChI is InChI=1S/C11H15N3O5S/c1-7(15)3-4-9(20(12,17)18)10(16)8-5-13-11(19-2)14-6-8/h5-6,9H,3-4H2,1-2H3,(H2,12,17,18). The van der Waals surface area contributed by atoms with Gasteiger partial charge in [-0.3, -0.25) is 4.79 Å². The second-order valence-corrected chi connectivity index (χ2v) is 5.89. The van der Waals surface area contributed by atoms with Gasteiger partial charge in [-0.25, -0.2) is 23.5 Å². The van der Waals surface area contributed by atoms with Gasteiger partial charge in [0.2, 0.25) is 10.0 Å². The predicted molar refractivity (Wildman–Crippen MR) is 69.7 cm³/mol. The van der Waals surface area contributed by atoms with E-state index in [0.717, 1.165) is 12.4 Å². The van der Waals surface area contributed by atoms with Crippen LogP contribution in [0.25, 0.3) is 0 Å². The van der Waals surface area contributed by atoms with Crippen molar-refractivity contribution in [3.8, 4) is 6.01 Å². The van der Waals surface area contributed by atoms with E-state index in [1.54, 1.807) is 0 Å². The van der Waals surface area contributed by atoms with E-state index < -0.39 is 21.1 Å². The number of hydrogen-bond donors (Lipinski definition) is 1. The van der Waals surface area contributed by atoms with Crippen molar-refractivity contribution in [1.29, 1.82) is 0 Å². The highest BCUT2D eigenvalue weighted by molar-refractivity contribution is 7.90. The number of ketones is 2. The van der Waals surface area contributed by atoms with E-state index in [-0.39, 0.29) is 30.2 Å². The van der Waals surface area contributed by atoms with Crippen molar-refractivity contribution in [2.45, 2.75) is 25.0 Å². The summed E-state index contributed by atoms with van der Waals surface area (Å²) in [6, 6.07) is 0.0532. The molecule has 0 saturated heterocycles. The number of nitrogens with two attached hydrogens (primary N) is 1. The first kappa shape index (κ1) is 16.2. The highest BCUT2D eigenvalue weighted by atomic mass is 32.2. The lowest BCUT2D eigenvalue weighted by Gasteiger charge is -2.12. The number of rotatable bonds is 7.